The number of anilines is 1. The van der Waals surface area contributed by atoms with Gasteiger partial charge in [0.05, 0.1) is 22.9 Å². The number of para-hydroxylation sites is 1. The van der Waals surface area contributed by atoms with Crippen LogP contribution in [0, 0.1) is 0 Å². The SMILES string of the molecule is O=C(NCc1ccc(Cl)cc1)C(=O)Nc1c2c(nn1-c1ccccc1)CS(=O)(=O)C2. The fourth-order valence-electron chi connectivity index (χ4n) is 3.16. The van der Waals surface area contributed by atoms with Gasteiger partial charge in [-0.05, 0) is 29.8 Å². The van der Waals surface area contributed by atoms with Crippen molar-refractivity contribution in [1.82, 2.24) is 15.1 Å². The van der Waals surface area contributed by atoms with Crippen LogP contribution < -0.4 is 10.6 Å². The van der Waals surface area contributed by atoms with Crippen LogP contribution in [-0.4, -0.2) is 30.0 Å². The molecule has 0 saturated carbocycles. The second kappa shape index (κ2) is 7.92. The molecule has 0 bridgehead atoms. The van der Waals surface area contributed by atoms with Crippen LogP contribution in [0.2, 0.25) is 5.02 Å². The first kappa shape index (κ1) is 20.1. The van der Waals surface area contributed by atoms with Crippen LogP contribution in [0.15, 0.2) is 54.6 Å². The molecule has 2 amide bonds. The summed E-state index contributed by atoms with van der Waals surface area (Å²) in [7, 11) is -3.33. The predicted molar refractivity (Wildman–Crippen MR) is 112 cm³/mol. The van der Waals surface area contributed by atoms with Crippen LogP contribution in [0.3, 0.4) is 0 Å². The monoisotopic (exact) mass is 444 g/mol. The van der Waals surface area contributed by atoms with E-state index in [1.807, 2.05) is 6.07 Å². The Bertz CT molecular complexity index is 1220. The van der Waals surface area contributed by atoms with Gasteiger partial charge in [-0.25, -0.2) is 13.1 Å². The number of hydrogen-bond acceptors (Lipinski definition) is 5. The van der Waals surface area contributed by atoms with Crippen molar-refractivity contribution in [3.63, 3.8) is 0 Å². The number of halogens is 1. The number of rotatable bonds is 4. The lowest BCUT2D eigenvalue weighted by molar-refractivity contribution is -0.136. The second-order valence-electron chi connectivity index (χ2n) is 6.82. The summed E-state index contributed by atoms with van der Waals surface area (Å²) in [6, 6.07) is 15.8. The molecule has 30 heavy (non-hydrogen) atoms. The van der Waals surface area contributed by atoms with E-state index in [2.05, 4.69) is 15.7 Å². The molecule has 8 nitrogen and oxygen atoms in total. The van der Waals surface area contributed by atoms with E-state index in [0.717, 1.165) is 5.56 Å². The summed E-state index contributed by atoms with van der Waals surface area (Å²) in [6.07, 6.45) is 0. The zero-order valence-corrected chi connectivity index (χ0v) is 17.2. The highest BCUT2D eigenvalue weighted by Gasteiger charge is 2.33. The number of nitrogens with one attached hydrogen (secondary N) is 2. The fourth-order valence-corrected chi connectivity index (χ4v) is 4.78. The summed E-state index contributed by atoms with van der Waals surface area (Å²) in [4.78, 5) is 24.8. The van der Waals surface area contributed by atoms with Crippen LogP contribution in [-0.2, 0) is 37.5 Å². The van der Waals surface area contributed by atoms with Gasteiger partial charge in [-0.15, -0.1) is 0 Å². The normalized spacial score (nSPS) is 14.2. The number of fused-ring (bicyclic) bond motifs is 1. The second-order valence-corrected chi connectivity index (χ2v) is 9.32. The number of nitrogens with zero attached hydrogens (tertiary/aromatic N) is 2. The van der Waals surface area contributed by atoms with Gasteiger partial charge >= 0.3 is 11.8 Å². The van der Waals surface area contributed by atoms with Gasteiger partial charge in [0.2, 0.25) is 0 Å². The van der Waals surface area contributed by atoms with Gasteiger partial charge in [0.1, 0.15) is 5.82 Å². The van der Waals surface area contributed by atoms with Crippen molar-refractivity contribution in [3.05, 3.63) is 76.4 Å². The minimum absolute atomic E-state index is 0.147. The van der Waals surface area contributed by atoms with Gasteiger partial charge in [-0.3, -0.25) is 9.59 Å². The Labute approximate surface area is 177 Å². The third-order valence-corrected chi connectivity index (χ3v) is 6.29. The van der Waals surface area contributed by atoms with E-state index < -0.39 is 21.7 Å². The Hall–Kier alpha value is -3.17. The molecule has 2 N–H and O–H groups in total. The van der Waals surface area contributed by atoms with Crippen molar-refractivity contribution in [2.24, 2.45) is 0 Å². The Morgan fingerprint density at radius 2 is 1.70 bits per heavy atom. The minimum atomic E-state index is -3.33. The van der Waals surface area contributed by atoms with Crippen LogP contribution >= 0.6 is 11.6 Å². The summed E-state index contributed by atoms with van der Waals surface area (Å²) in [5.74, 6) is -2.01. The van der Waals surface area contributed by atoms with Gasteiger partial charge < -0.3 is 10.6 Å². The van der Waals surface area contributed by atoms with Gasteiger partial charge in [0.15, 0.2) is 9.84 Å². The van der Waals surface area contributed by atoms with Gasteiger partial charge in [-0.2, -0.15) is 5.10 Å². The molecule has 1 aliphatic heterocycles. The first-order valence-electron chi connectivity index (χ1n) is 9.02. The third-order valence-electron chi connectivity index (χ3n) is 4.59. The number of amides is 2. The average molecular weight is 445 g/mol. The average Bonchev–Trinajstić information content (AvgIpc) is 3.20. The van der Waals surface area contributed by atoms with E-state index in [-0.39, 0.29) is 23.9 Å². The molecule has 2 heterocycles. The van der Waals surface area contributed by atoms with Crippen LogP contribution in [0.5, 0.6) is 0 Å². The number of benzene rings is 2. The Balaban J connectivity index is 1.55. The number of sulfone groups is 1. The summed E-state index contributed by atoms with van der Waals surface area (Å²) in [6.45, 7) is 0.147. The van der Waals surface area contributed by atoms with Gasteiger partial charge in [0, 0.05) is 17.1 Å². The molecule has 2 aromatic carbocycles. The summed E-state index contributed by atoms with van der Waals surface area (Å²) in [5, 5.41) is 9.99. The molecule has 0 fully saturated rings. The lowest BCUT2D eigenvalue weighted by Crippen LogP contribution is -2.35. The molecule has 0 atom stereocenters. The fraction of sp³-hybridized carbons (Fsp3) is 0.150. The first-order valence-corrected chi connectivity index (χ1v) is 11.2. The number of hydrogen-bond donors (Lipinski definition) is 2. The first-order chi connectivity index (χ1) is 14.3. The van der Waals surface area contributed by atoms with Crippen LogP contribution in [0.4, 0.5) is 5.82 Å². The molecule has 0 unspecified atom stereocenters. The maximum Gasteiger partial charge on any atom is 0.314 e. The van der Waals surface area contributed by atoms with Crippen molar-refractivity contribution in [3.8, 4) is 5.69 Å². The van der Waals surface area contributed by atoms with Gasteiger partial charge in [0.25, 0.3) is 0 Å². The number of carbonyl (C=O) groups is 2. The molecule has 1 aromatic heterocycles. The highest BCUT2D eigenvalue weighted by molar-refractivity contribution is 7.90. The molecule has 0 aliphatic carbocycles. The van der Waals surface area contributed by atoms with Crippen molar-refractivity contribution in [2.75, 3.05) is 5.32 Å². The van der Waals surface area contributed by atoms with Gasteiger partial charge in [-0.1, -0.05) is 41.9 Å². The van der Waals surface area contributed by atoms with Crippen LogP contribution in [0.25, 0.3) is 5.69 Å². The molecular formula is C20H17ClN4O4S. The zero-order chi connectivity index (χ0) is 21.3. The molecule has 0 spiro atoms. The highest BCUT2D eigenvalue weighted by atomic mass is 35.5. The Kier molecular flexibility index (Phi) is 5.31. The predicted octanol–water partition coefficient (Wildman–Crippen LogP) is 2.21. The summed E-state index contributed by atoms with van der Waals surface area (Å²) < 4.78 is 25.5. The molecule has 3 aromatic rings. The lowest BCUT2D eigenvalue weighted by Gasteiger charge is -2.11. The van der Waals surface area contributed by atoms with Crippen molar-refractivity contribution in [2.45, 2.75) is 18.1 Å². The topological polar surface area (TPSA) is 110 Å². The maximum atomic E-state index is 12.5. The lowest BCUT2D eigenvalue weighted by atomic mass is 10.2. The minimum Gasteiger partial charge on any atom is -0.344 e. The summed E-state index contributed by atoms with van der Waals surface area (Å²) >= 11 is 5.83. The maximum absolute atomic E-state index is 12.5. The van der Waals surface area contributed by atoms with Crippen molar-refractivity contribution >= 4 is 39.1 Å². The smallest absolute Gasteiger partial charge is 0.314 e. The number of aromatic nitrogens is 2. The van der Waals surface area contributed by atoms with E-state index in [0.29, 0.717) is 22.0 Å². The van der Waals surface area contributed by atoms with Crippen molar-refractivity contribution in [1.29, 1.82) is 0 Å². The van der Waals surface area contributed by atoms with E-state index in [4.69, 9.17) is 11.6 Å². The third kappa shape index (κ3) is 4.22. The van der Waals surface area contributed by atoms with E-state index >= 15 is 0 Å². The standard InChI is InChI=1S/C20H17ClN4O4S/c21-14-8-6-13(7-9-14)10-22-19(26)20(27)23-18-16-11-30(28,29)12-17(16)24-25(18)15-4-2-1-3-5-15/h1-9H,10-12H2,(H,22,26)(H,23,27). The Morgan fingerprint density at radius 1 is 1.00 bits per heavy atom. The molecule has 10 heteroatoms. The molecule has 4 rings (SSSR count). The molecular weight excluding hydrogens is 428 g/mol. The van der Waals surface area contributed by atoms with E-state index in [9.17, 15) is 18.0 Å². The highest BCUT2D eigenvalue weighted by Crippen LogP contribution is 2.32. The largest absolute Gasteiger partial charge is 0.344 e. The summed E-state index contributed by atoms with van der Waals surface area (Å²) in [5.41, 5.74) is 2.19. The van der Waals surface area contributed by atoms with E-state index in [1.165, 1.54) is 4.68 Å². The van der Waals surface area contributed by atoms with Crippen LogP contribution in [0.1, 0.15) is 16.8 Å². The molecule has 0 radical (unpaired) electrons. The molecule has 0 saturated heterocycles. The Morgan fingerprint density at radius 3 is 2.40 bits per heavy atom. The molecule has 154 valence electrons. The van der Waals surface area contributed by atoms with Crippen molar-refractivity contribution < 1.29 is 18.0 Å². The quantitative estimate of drug-likeness (QED) is 0.599. The number of carbonyl (C=O) groups excluding carboxylic acids is 2. The molecule has 1 aliphatic rings. The van der Waals surface area contributed by atoms with E-state index in [1.54, 1.807) is 48.5 Å². The zero-order valence-electron chi connectivity index (χ0n) is 15.6.